The van der Waals surface area contributed by atoms with E-state index in [9.17, 15) is 27.6 Å². The van der Waals surface area contributed by atoms with Crippen LogP contribution in [0.3, 0.4) is 0 Å². The molecule has 2 aromatic rings. The Hall–Kier alpha value is -2.84. The normalized spacial score (nSPS) is 11.3. The number of hydrogen-bond acceptors (Lipinski definition) is 4. The maximum atomic E-state index is 12.8. The standard InChI is InChI=1S/C14H12F3N3O3/c1-19-11(18-8-6-4-3-5-7-8)9(10(21)14(15,16)17)12(22)20(2)13(19)23/h3-7,18H,1-2H3. The summed E-state index contributed by atoms with van der Waals surface area (Å²) in [5.74, 6) is -2.82. The molecule has 23 heavy (non-hydrogen) atoms. The van der Waals surface area contributed by atoms with Crippen molar-refractivity contribution in [2.75, 3.05) is 5.32 Å². The quantitative estimate of drug-likeness (QED) is 0.869. The first-order chi connectivity index (χ1) is 10.6. The molecule has 122 valence electrons. The van der Waals surface area contributed by atoms with Crippen molar-refractivity contribution < 1.29 is 18.0 Å². The van der Waals surface area contributed by atoms with Crippen LogP contribution < -0.4 is 16.6 Å². The first-order valence-electron chi connectivity index (χ1n) is 6.38. The van der Waals surface area contributed by atoms with Crippen molar-refractivity contribution in [3.63, 3.8) is 0 Å². The predicted molar refractivity (Wildman–Crippen MR) is 77.0 cm³/mol. The van der Waals surface area contributed by atoms with Crippen LogP contribution in [0.4, 0.5) is 24.7 Å². The van der Waals surface area contributed by atoms with Gasteiger partial charge in [0.15, 0.2) is 0 Å². The van der Waals surface area contributed by atoms with Crippen molar-refractivity contribution in [2.24, 2.45) is 14.1 Å². The Morgan fingerprint density at radius 2 is 1.61 bits per heavy atom. The molecule has 0 atom stereocenters. The fourth-order valence-electron chi connectivity index (χ4n) is 2.00. The van der Waals surface area contributed by atoms with E-state index in [4.69, 9.17) is 0 Å². The lowest BCUT2D eigenvalue weighted by atomic mass is 10.1. The summed E-state index contributed by atoms with van der Waals surface area (Å²) in [7, 11) is 2.17. The molecule has 0 saturated carbocycles. The van der Waals surface area contributed by atoms with Gasteiger partial charge in [0.05, 0.1) is 0 Å². The van der Waals surface area contributed by atoms with Gasteiger partial charge in [-0.25, -0.2) is 4.79 Å². The van der Waals surface area contributed by atoms with Gasteiger partial charge >= 0.3 is 11.9 Å². The number of Topliss-reactive ketones (excluding diaryl/α,β-unsaturated/α-hetero) is 1. The van der Waals surface area contributed by atoms with Gasteiger partial charge in [-0.15, -0.1) is 0 Å². The zero-order valence-electron chi connectivity index (χ0n) is 12.1. The molecule has 0 amide bonds. The Balaban J connectivity index is 2.76. The van der Waals surface area contributed by atoms with Gasteiger partial charge in [-0.05, 0) is 12.1 Å². The van der Waals surface area contributed by atoms with Crippen LogP contribution in [-0.2, 0) is 14.1 Å². The lowest BCUT2D eigenvalue weighted by Gasteiger charge is -2.16. The summed E-state index contributed by atoms with van der Waals surface area (Å²) in [4.78, 5) is 35.6. The van der Waals surface area contributed by atoms with E-state index in [2.05, 4.69) is 5.32 Å². The minimum Gasteiger partial charge on any atom is -0.341 e. The Bertz CT molecular complexity index is 867. The highest BCUT2D eigenvalue weighted by molar-refractivity contribution is 6.04. The average Bonchev–Trinajstić information content (AvgIpc) is 2.50. The zero-order chi connectivity index (χ0) is 17.4. The summed E-state index contributed by atoms with van der Waals surface area (Å²) in [6.45, 7) is 0. The first kappa shape index (κ1) is 16.5. The third-order valence-corrected chi connectivity index (χ3v) is 3.19. The highest BCUT2D eigenvalue weighted by atomic mass is 19.4. The largest absolute Gasteiger partial charge is 0.455 e. The average molecular weight is 327 g/mol. The highest BCUT2D eigenvalue weighted by Crippen LogP contribution is 2.25. The lowest BCUT2D eigenvalue weighted by Crippen LogP contribution is -2.43. The summed E-state index contributed by atoms with van der Waals surface area (Å²) in [5, 5.41) is 2.53. The van der Waals surface area contributed by atoms with Crippen LogP contribution in [0.1, 0.15) is 10.4 Å². The molecular formula is C14H12F3N3O3. The molecule has 0 aliphatic rings. The van der Waals surface area contributed by atoms with Gasteiger partial charge in [0, 0.05) is 19.8 Å². The van der Waals surface area contributed by atoms with E-state index in [1.165, 1.54) is 19.2 Å². The minimum atomic E-state index is -5.24. The van der Waals surface area contributed by atoms with Crippen molar-refractivity contribution in [3.05, 3.63) is 56.7 Å². The number of halogens is 3. The van der Waals surface area contributed by atoms with Crippen LogP contribution in [0.2, 0.25) is 0 Å². The highest BCUT2D eigenvalue weighted by Gasteiger charge is 2.43. The number of benzene rings is 1. The van der Waals surface area contributed by atoms with Crippen molar-refractivity contribution in [1.82, 2.24) is 9.13 Å². The van der Waals surface area contributed by atoms with Crippen LogP contribution in [0, 0.1) is 0 Å². The molecule has 0 fully saturated rings. The van der Waals surface area contributed by atoms with Gasteiger partial charge < -0.3 is 5.32 Å². The first-order valence-corrected chi connectivity index (χ1v) is 6.38. The Kier molecular flexibility index (Phi) is 4.13. The molecule has 0 saturated heterocycles. The number of para-hydroxylation sites is 1. The fraction of sp³-hybridized carbons (Fsp3) is 0.214. The second-order valence-electron chi connectivity index (χ2n) is 4.75. The molecule has 2 rings (SSSR count). The number of rotatable bonds is 3. The second-order valence-corrected chi connectivity index (χ2v) is 4.75. The van der Waals surface area contributed by atoms with E-state index >= 15 is 0 Å². The Labute approximate surface area is 127 Å². The van der Waals surface area contributed by atoms with Crippen LogP contribution in [0.15, 0.2) is 39.9 Å². The number of anilines is 2. The molecule has 1 N–H and O–H groups in total. The number of hydrogen-bond donors (Lipinski definition) is 1. The third-order valence-electron chi connectivity index (χ3n) is 3.19. The summed E-state index contributed by atoms with van der Waals surface area (Å²) in [5.41, 5.74) is -2.97. The molecule has 9 heteroatoms. The van der Waals surface area contributed by atoms with Crippen molar-refractivity contribution in [1.29, 1.82) is 0 Å². The van der Waals surface area contributed by atoms with E-state index in [-0.39, 0.29) is 0 Å². The SMILES string of the molecule is Cn1c(Nc2ccccc2)c(C(=O)C(F)(F)F)c(=O)n(C)c1=O. The van der Waals surface area contributed by atoms with Crippen molar-refractivity contribution in [2.45, 2.75) is 6.18 Å². The number of alkyl halides is 3. The topological polar surface area (TPSA) is 73.1 Å². The van der Waals surface area contributed by atoms with E-state index in [0.29, 0.717) is 10.3 Å². The summed E-state index contributed by atoms with van der Waals surface area (Å²) in [6, 6.07) is 7.92. The van der Waals surface area contributed by atoms with Crippen molar-refractivity contribution in [3.8, 4) is 0 Å². The smallest absolute Gasteiger partial charge is 0.341 e. The number of nitrogens with one attached hydrogen (secondary N) is 1. The number of ketones is 1. The summed E-state index contributed by atoms with van der Waals surface area (Å²) in [6.07, 6.45) is -5.24. The number of carbonyl (C=O) groups excluding carboxylic acids is 1. The molecular weight excluding hydrogens is 315 g/mol. The van der Waals surface area contributed by atoms with E-state index < -0.39 is 34.6 Å². The molecule has 1 aromatic heterocycles. The van der Waals surface area contributed by atoms with Crippen LogP contribution >= 0.6 is 0 Å². The molecule has 1 heterocycles. The lowest BCUT2D eigenvalue weighted by molar-refractivity contribution is -0.0886. The maximum absolute atomic E-state index is 12.8. The Morgan fingerprint density at radius 3 is 2.13 bits per heavy atom. The van der Waals surface area contributed by atoms with E-state index in [0.717, 1.165) is 11.6 Å². The van der Waals surface area contributed by atoms with Gasteiger partial charge in [-0.2, -0.15) is 13.2 Å². The second kappa shape index (κ2) is 5.75. The number of carbonyl (C=O) groups is 1. The van der Waals surface area contributed by atoms with E-state index in [1.807, 2.05) is 0 Å². The molecule has 0 radical (unpaired) electrons. The molecule has 0 aliphatic carbocycles. The zero-order valence-corrected chi connectivity index (χ0v) is 12.1. The van der Waals surface area contributed by atoms with Crippen LogP contribution in [-0.4, -0.2) is 21.1 Å². The van der Waals surface area contributed by atoms with Gasteiger partial charge in [0.1, 0.15) is 11.4 Å². The Morgan fingerprint density at radius 1 is 1.04 bits per heavy atom. The molecule has 0 bridgehead atoms. The molecule has 0 aliphatic heterocycles. The third kappa shape index (κ3) is 3.03. The van der Waals surface area contributed by atoms with Gasteiger partial charge in [-0.1, -0.05) is 18.2 Å². The molecule has 6 nitrogen and oxygen atoms in total. The monoisotopic (exact) mass is 327 g/mol. The summed E-state index contributed by atoms with van der Waals surface area (Å²) >= 11 is 0. The summed E-state index contributed by atoms with van der Waals surface area (Å²) < 4.78 is 39.6. The molecule has 1 aromatic carbocycles. The van der Waals surface area contributed by atoms with Gasteiger partial charge in [0.2, 0.25) is 0 Å². The van der Waals surface area contributed by atoms with Crippen LogP contribution in [0.5, 0.6) is 0 Å². The molecule has 0 spiro atoms. The van der Waals surface area contributed by atoms with Gasteiger partial charge in [0.25, 0.3) is 11.3 Å². The van der Waals surface area contributed by atoms with E-state index in [1.54, 1.807) is 18.2 Å². The number of nitrogens with zero attached hydrogens (tertiary/aromatic N) is 2. The van der Waals surface area contributed by atoms with Gasteiger partial charge in [-0.3, -0.25) is 18.7 Å². The van der Waals surface area contributed by atoms with Crippen molar-refractivity contribution >= 4 is 17.3 Å². The predicted octanol–water partition coefficient (Wildman–Crippen LogP) is 1.57. The maximum Gasteiger partial charge on any atom is 0.455 e. The van der Waals surface area contributed by atoms with Crippen LogP contribution in [0.25, 0.3) is 0 Å². The molecule has 0 unspecified atom stereocenters. The number of aromatic nitrogens is 2. The minimum absolute atomic E-state index is 0.326. The fourth-order valence-corrected chi connectivity index (χ4v) is 2.00.